The maximum absolute atomic E-state index is 14.3. The first-order valence-electron chi connectivity index (χ1n) is 7.34. The van der Waals surface area contributed by atoms with Gasteiger partial charge in [0.1, 0.15) is 23.1 Å². The van der Waals surface area contributed by atoms with Crippen LogP contribution in [0.1, 0.15) is 10.4 Å². The maximum atomic E-state index is 14.3. The Balaban J connectivity index is 2.10. The largest absolute Gasteiger partial charge is 0.497 e. The Kier molecular flexibility index (Phi) is 4.81. The molecule has 2 aromatic carbocycles. The first kappa shape index (κ1) is 17.1. The fourth-order valence-electron chi connectivity index (χ4n) is 2.47. The van der Waals surface area contributed by atoms with Crippen LogP contribution in [0.2, 0.25) is 0 Å². The molecule has 0 amide bonds. The molecule has 3 rings (SSSR count). The number of carbonyl (C=O) groups excluding carboxylic acids is 1. The molecule has 0 saturated heterocycles. The third-order valence-corrected chi connectivity index (χ3v) is 4.97. The standard InChI is InChI=1S/C19H14F2O3S/c1-23-12-3-5-14(16(20)8-12)18-7-11(10-22)19(25-18)15-6-4-13(24-2)9-17(15)21/h3-10H,1-2H3. The fourth-order valence-corrected chi connectivity index (χ4v) is 3.65. The van der Waals surface area contributed by atoms with Crippen LogP contribution in [0.4, 0.5) is 8.78 Å². The number of thiophene rings is 1. The summed E-state index contributed by atoms with van der Waals surface area (Å²) in [6, 6.07) is 10.4. The molecule has 0 unspecified atom stereocenters. The molecule has 0 saturated carbocycles. The molecular formula is C19H14F2O3S. The number of methoxy groups -OCH3 is 2. The van der Waals surface area contributed by atoms with Crippen molar-refractivity contribution in [3.8, 4) is 32.4 Å². The Morgan fingerprint density at radius 1 is 0.880 bits per heavy atom. The lowest BCUT2D eigenvalue weighted by molar-refractivity contribution is 0.112. The number of halogens is 2. The van der Waals surface area contributed by atoms with Crippen molar-refractivity contribution in [1.29, 1.82) is 0 Å². The summed E-state index contributed by atoms with van der Waals surface area (Å²) < 4.78 is 38.6. The van der Waals surface area contributed by atoms with E-state index in [4.69, 9.17) is 9.47 Å². The predicted octanol–water partition coefficient (Wildman–Crippen LogP) is 5.19. The number of carbonyl (C=O) groups is 1. The number of aldehydes is 1. The molecule has 6 heteroatoms. The van der Waals surface area contributed by atoms with Crippen molar-refractivity contribution < 1.29 is 23.0 Å². The summed E-state index contributed by atoms with van der Waals surface area (Å²) >= 11 is 1.15. The van der Waals surface area contributed by atoms with Crippen molar-refractivity contribution in [2.24, 2.45) is 0 Å². The second-order valence-electron chi connectivity index (χ2n) is 5.20. The topological polar surface area (TPSA) is 35.5 Å². The lowest BCUT2D eigenvalue weighted by Gasteiger charge is -2.05. The van der Waals surface area contributed by atoms with E-state index in [-0.39, 0.29) is 5.56 Å². The third kappa shape index (κ3) is 3.25. The number of rotatable bonds is 5. The van der Waals surface area contributed by atoms with E-state index in [1.54, 1.807) is 30.3 Å². The zero-order chi connectivity index (χ0) is 18.0. The average molecular weight is 360 g/mol. The summed E-state index contributed by atoms with van der Waals surface area (Å²) in [5.74, 6) is -0.201. The van der Waals surface area contributed by atoms with Crippen LogP contribution in [-0.2, 0) is 0 Å². The first-order valence-corrected chi connectivity index (χ1v) is 8.16. The molecule has 0 N–H and O–H groups in total. The van der Waals surface area contributed by atoms with E-state index in [0.717, 1.165) is 11.3 Å². The summed E-state index contributed by atoms with van der Waals surface area (Å²) in [7, 11) is 2.90. The highest BCUT2D eigenvalue weighted by Gasteiger charge is 2.17. The van der Waals surface area contributed by atoms with E-state index in [1.165, 1.54) is 26.4 Å². The average Bonchev–Trinajstić information content (AvgIpc) is 3.05. The van der Waals surface area contributed by atoms with E-state index in [2.05, 4.69) is 0 Å². The van der Waals surface area contributed by atoms with E-state index >= 15 is 0 Å². The maximum Gasteiger partial charge on any atom is 0.151 e. The minimum Gasteiger partial charge on any atom is -0.497 e. The van der Waals surface area contributed by atoms with Gasteiger partial charge < -0.3 is 9.47 Å². The van der Waals surface area contributed by atoms with Gasteiger partial charge in [0.15, 0.2) is 6.29 Å². The molecule has 0 bridgehead atoms. The zero-order valence-electron chi connectivity index (χ0n) is 13.5. The summed E-state index contributed by atoms with van der Waals surface area (Å²) in [5.41, 5.74) is 0.904. The van der Waals surface area contributed by atoms with Crippen molar-refractivity contribution in [2.45, 2.75) is 0 Å². The van der Waals surface area contributed by atoms with Gasteiger partial charge in [0.25, 0.3) is 0 Å². The van der Waals surface area contributed by atoms with Crippen molar-refractivity contribution in [2.75, 3.05) is 14.2 Å². The molecule has 0 atom stereocenters. The Morgan fingerprint density at radius 2 is 1.44 bits per heavy atom. The van der Waals surface area contributed by atoms with Gasteiger partial charge in [-0.15, -0.1) is 11.3 Å². The summed E-state index contributed by atoms with van der Waals surface area (Å²) in [6.45, 7) is 0. The van der Waals surface area contributed by atoms with Crippen LogP contribution in [-0.4, -0.2) is 20.5 Å². The van der Waals surface area contributed by atoms with Crippen LogP contribution in [0, 0.1) is 11.6 Å². The summed E-state index contributed by atoms with van der Waals surface area (Å²) in [6.07, 6.45) is 0.639. The molecule has 0 spiro atoms. The van der Waals surface area contributed by atoms with E-state index < -0.39 is 11.6 Å². The van der Waals surface area contributed by atoms with Crippen LogP contribution < -0.4 is 9.47 Å². The van der Waals surface area contributed by atoms with Crippen LogP contribution in [0.3, 0.4) is 0 Å². The molecule has 3 aromatic rings. The molecule has 0 radical (unpaired) electrons. The van der Waals surface area contributed by atoms with Crippen LogP contribution >= 0.6 is 11.3 Å². The van der Waals surface area contributed by atoms with Gasteiger partial charge >= 0.3 is 0 Å². The van der Waals surface area contributed by atoms with Gasteiger partial charge in [0, 0.05) is 38.6 Å². The molecule has 0 aliphatic rings. The SMILES string of the molecule is COc1ccc(-c2cc(C=O)c(-c3ccc(OC)cc3F)s2)c(F)c1. The second-order valence-corrected chi connectivity index (χ2v) is 6.26. The lowest BCUT2D eigenvalue weighted by Crippen LogP contribution is -1.88. The molecule has 0 fully saturated rings. The first-order chi connectivity index (χ1) is 12.1. The summed E-state index contributed by atoms with van der Waals surface area (Å²) in [4.78, 5) is 12.4. The van der Waals surface area contributed by atoms with Gasteiger partial charge in [-0.1, -0.05) is 0 Å². The van der Waals surface area contributed by atoms with Gasteiger partial charge in [-0.05, 0) is 30.3 Å². The quantitative estimate of drug-likeness (QED) is 0.588. The number of hydrogen-bond acceptors (Lipinski definition) is 4. The lowest BCUT2D eigenvalue weighted by atomic mass is 10.1. The van der Waals surface area contributed by atoms with Gasteiger partial charge in [0.05, 0.1) is 14.2 Å². The normalized spacial score (nSPS) is 10.6. The van der Waals surface area contributed by atoms with Crippen molar-refractivity contribution in [1.82, 2.24) is 0 Å². The monoisotopic (exact) mass is 360 g/mol. The third-order valence-electron chi connectivity index (χ3n) is 3.75. The molecule has 3 nitrogen and oxygen atoms in total. The van der Waals surface area contributed by atoms with Crippen LogP contribution in [0.15, 0.2) is 42.5 Å². The second kappa shape index (κ2) is 7.03. The highest BCUT2D eigenvalue weighted by Crippen LogP contribution is 2.40. The molecular weight excluding hydrogens is 346 g/mol. The molecule has 128 valence electrons. The Bertz CT molecular complexity index is 934. The van der Waals surface area contributed by atoms with Crippen molar-refractivity contribution in [3.63, 3.8) is 0 Å². The highest BCUT2D eigenvalue weighted by atomic mass is 32.1. The number of ether oxygens (including phenoxy) is 2. The van der Waals surface area contributed by atoms with Gasteiger partial charge in [-0.25, -0.2) is 8.78 Å². The summed E-state index contributed by atoms with van der Waals surface area (Å²) in [5, 5.41) is 0. The van der Waals surface area contributed by atoms with Crippen LogP contribution in [0.25, 0.3) is 20.9 Å². The Hall–Kier alpha value is -2.73. The molecule has 0 aliphatic carbocycles. The van der Waals surface area contributed by atoms with E-state index in [1.807, 2.05) is 0 Å². The Morgan fingerprint density at radius 3 is 1.92 bits per heavy atom. The number of benzene rings is 2. The Labute approximate surface area is 147 Å². The minimum atomic E-state index is -0.508. The van der Waals surface area contributed by atoms with Crippen molar-refractivity contribution >= 4 is 17.6 Å². The molecule has 1 aromatic heterocycles. The fraction of sp³-hybridized carbons (Fsp3) is 0.105. The van der Waals surface area contributed by atoms with E-state index in [0.29, 0.717) is 38.7 Å². The molecule has 0 aliphatic heterocycles. The molecule has 1 heterocycles. The number of hydrogen-bond donors (Lipinski definition) is 0. The smallest absolute Gasteiger partial charge is 0.151 e. The van der Waals surface area contributed by atoms with Crippen molar-refractivity contribution in [3.05, 3.63) is 59.7 Å². The highest BCUT2D eigenvalue weighted by molar-refractivity contribution is 7.19. The van der Waals surface area contributed by atoms with Gasteiger partial charge in [0.2, 0.25) is 0 Å². The van der Waals surface area contributed by atoms with Gasteiger partial charge in [-0.2, -0.15) is 0 Å². The predicted molar refractivity (Wildman–Crippen MR) is 93.6 cm³/mol. The zero-order valence-corrected chi connectivity index (χ0v) is 14.3. The van der Waals surface area contributed by atoms with Gasteiger partial charge in [-0.3, -0.25) is 4.79 Å². The van der Waals surface area contributed by atoms with Crippen LogP contribution in [0.5, 0.6) is 11.5 Å². The minimum absolute atomic E-state index is 0.271. The molecule has 25 heavy (non-hydrogen) atoms. The van der Waals surface area contributed by atoms with E-state index in [9.17, 15) is 13.6 Å².